The quantitative estimate of drug-likeness (QED) is 0.780. The zero-order chi connectivity index (χ0) is 17.6. The van der Waals surface area contributed by atoms with Crippen LogP contribution in [0.5, 0.6) is 5.75 Å². The van der Waals surface area contributed by atoms with E-state index in [9.17, 15) is 8.78 Å². The van der Waals surface area contributed by atoms with Crippen molar-refractivity contribution in [2.75, 3.05) is 12.4 Å². The van der Waals surface area contributed by atoms with Crippen LogP contribution in [0.1, 0.15) is 24.2 Å². The maximum Gasteiger partial charge on any atom is 0.166 e. The van der Waals surface area contributed by atoms with E-state index < -0.39 is 11.6 Å². The Morgan fingerprint density at radius 2 is 2.04 bits per heavy atom. The average Bonchev–Trinajstić information content (AvgIpc) is 3.19. The van der Waals surface area contributed by atoms with Gasteiger partial charge in [0.2, 0.25) is 0 Å². The summed E-state index contributed by atoms with van der Waals surface area (Å²) in [5.74, 6) is -0.311. The number of ether oxygens (including phenoxy) is 1. The molecule has 0 radical (unpaired) electrons. The predicted molar refractivity (Wildman–Crippen MR) is 87.6 cm³/mol. The van der Waals surface area contributed by atoms with E-state index in [0.717, 1.165) is 11.6 Å². The van der Waals surface area contributed by atoms with E-state index in [0.29, 0.717) is 22.9 Å². The molecule has 1 N–H and O–H groups in total. The van der Waals surface area contributed by atoms with Crippen LogP contribution in [0.4, 0.5) is 14.6 Å². The second-order valence-electron chi connectivity index (χ2n) is 5.93. The van der Waals surface area contributed by atoms with Gasteiger partial charge >= 0.3 is 0 Å². The van der Waals surface area contributed by atoms with Gasteiger partial charge in [-0.2, -0.15) is 0 Å². The molecule has 0 spiro atoms. The number of halogens is 2. The molecule has 3 aromatic rings. The van der Waals surface area contributed by atoms with Crippen molar-refractivity contribution in [3.63, 3.8) is 0 Å². The number of fused-ring (bicyclic) bond motifs is 1. The van der Waals surface area contributed by atoms with Crippen LogP contribution in [0.15, 0.2) is 41.2 Å². The first kappa shape index (κ1) is 15.6. The van der Waals surface area contributed by atoms with E-state index in [1.165, 1.54) is 18.3 Å². The molecule has 1 aromatic carbocycles. The van der Waals surface area contributed by atoms with E-state index in [1.807, 2.05) is 13.0 Å². The lowest BCUT2D eigenvalue weighted by molar-refractivity contribution is 0.367. The Bertz CT molecular complexity index is 942. The molecule has 5 nitrogen and oxygen atoms in total. The first-order valence-electron chi connectivity index (χ1n) is 7.79. The number of methoxy groups -OCH3 is 1. The van der Waals surface area contributed by atoms with Crippen LogP contribution in [-0.4, -0.2) is 23.3 Å². The van der Waals surface area contributed by atoms with Gasteiger partial charge in [-0.25, -0.2) is 13.8 Å². The number of rotatable bonds is 3. The molecular weight excluding hydrogens is 328 g/mol. The Morgan fingerprint density at radius 3 is 2.84 bits per heavy atom. The highest BCUT2D eigenvalue weighted by molar-refractivity contribution is 5.69. The third kappa shape index (κ3) is 2.43. The van der Waals surface area contributed by atoms with Crippen molar-refractivity contribution >= 4 is 5.82 Å². The first-order chi connectivity index (χ1) is 12.1. The largest absolute Gasteiger partial charge is 0.495 e. The summed E-state index contributed by atoms with van der Waals surface area (Å²) in [5, 5.41) is 7.09. The topological polar surface area (TPSA) is 60.2 Å². The summed E-state index contributed by atoms with van der Waals surface area (Å²) < 4.78 is 38.6. The summed E-state index contributed by atoms with van der Waals surface area (Å²) in [6, 6.07) is 5.84. The van der Waals surface area contributed by atoms with Crippen LogP contribution >= 0.6 is 0 Å². The molecule has 0 saturated heterocycles. The minimum absolute atomic E-state index is 0.0575. The summed E-state index contributed by atoms with van der Waals surface area (Å²) in [5.41, 5.74) is 1.40. The maximum atomic E-state index is 14.3. The minimum atomic E-state index is -0.922. The van der Waals surface area contributed by atoms with E-state index in [4.69, 9.17) is 9.26 Å². The standard InChI is InChI=1S/C18H15F2N3O2/c1-9-15(12-6-10(24-2)7-21-18(12)23-9)17-13(8-22-25-17)11-4-3-5-14(19)16(11)20/h3-9,15H,1-2H3,(H,21,23)/t9?,15-/m0/s1. The lowest BCUT2D eigenvalue weighted by Gasteiger charge is -2.15. The van der Waals surface area contributed by atoms with Gasteiger partial charge in [-0.05, 0) is 19.1 Å². The van der Waals surface area contributed by atoms with Gasteiger partial charge in [0.05, 0.1) is 25.4 Å². The summed E-state index contributed by atoms with van der Waals surface area (Å²) >= 11 is 0. The number of hydrogen-bond donors (Lipinski definition) is 1. The van der Waals surface area contributed by atoms with Gasteiger partial charge < -0.3 is 14.6 Å². The van der Waals surface area contributed by atoms with Crippen molar-refractivity contribution in [2.24, 2.45) is 0 Å². The summed E-state index contributed by atoms with van der Waals surface area (Å²) in [6.07, 6.45) is 3.03. The lowest BCUT2D eigenvalue weighted by atomic mass is 9.90. The highest BCUT2D eigenvalue weighted by Crippen LogP contribution is 2.44. The number of pyridine rings is 1. The molecule has 0 fully saturated rings. The number of nitrogens with one attached hydrogen (secondary N) is 1. The van der Waals surface area contributed by atoms with E-state index >= 15 is 0 Å². The van der Waals surface area contributed by atoms with Crippen molar-refractivity contribution in [3.05, 3.63) is 59.6 Å². The summed E-state index contributed by atoms with van der Waals surface area (Å²) in [4.78, 5) is 4.34. The molecule has 7 heteroatoms. The molecule has 1 aliphatic rings. The van der Waals surface area contributed by atoms with E-state index in [1.54, 1.807) is 13.3 Å². The molecule has 0 aliphatic carbocycles. The highest BCUT2D eigenvalue weighted by atomic mass is 19.2. The Labute approximate surface area is 142 Å². The normalized spacial score (nSPS) is 18.7. The van der Waals surface area contributed by atoms with Crippen molar-refractivity contribution in [3.8, 4) is 16.9 Å². The molecule has 1 aliphatic heterocycles. The Kier molecular flexibility index (Phi) is 3.63. The molecule has 2 aromatic heterocycles. The number of aromatic nitrogens is 2. The van der Waals surface area contributed by atoms with E-state index in [-0.39, 0.29) is 17.5 Å². The molecular formula is C18H15F2N3O2. The third-order valence-electron chi connectivity index (χ3n) is 4.45. The van der Waals surface area contributed by atoms with Crippen LogP contribution in [0.25, 0.3) is 11.1 Å². The Hall–Kier alpha value is -2.96. The monoisotopic (exact) mass is 343 g/mol. The summed E-state index contributed by atoms with van der Waals surface area (Å²) in [7, 11) is 1.56. The predicted octanol–water partition coefficient (Wildman–Crippen LogP) is 3.97. The van der Waals surface area contributed by atoms with Crippen molar-refractivity contribution in [1.29, 1.82) is 0 Å². The average molecular weight is 343 g/mol. The molecule has 128 valence electrons. The van der Waals surface area contributed by atoms with Crippen LogP contribution in [0.2, 0.25) is 0 Å². The second-order valence-corrected chi connectivity index (χ2v) is 5.93. The molecule has 0 saturated carbocycles. The zero-order valence-corrected chi connectivity index (χ0v) is 13.6. The SMILES string of the molecule is COc1cnc2c(c1)[C@@H](c1oncc1-c1cccc(F)c1F)C(C)N2. The van der Waals surface area contributed by atoms with Crippen LogP contribution in [0, 0.1) is 11.6 Å². The molecule has 0 amide bonds. The maximum absolute atomic E-state index is 14.3. The van der Waals surface area contributed by atoms with Crippen LogP contribution in [0.3, 0.4) is 0 Å². The van der Waals surface area contributed by atoms with Crippen molar-refractivity contribution in [2.45, 2.75) is 18.9 Å². The van der Waals surface area contributed by atoms with Crippen LogP contribution in [-0.2, 0) is 0 Å². The zero-order valence-electron chi connectivity index (χ0n) is 13.6. The highest BCUT2D eigenvalue weighted by Gasteiger charge is 2.37. The second kappa shape index (κ2) is 5.84. The van der Waals surface area contributed by atoms with Gasteiger partial charge in [0.25, 0.3) is 0 Å². The fourth-order valence-electron chi connectivity index (χ4n) is 3.25. The Balaban J connectivity index is 1.86. The summed E-state index contributed by atoms with van der Waals surface area (Å²) in [6.45, 7) is 1.97. The fourth-order valence-corrected chi connectivity index (χ4v) is 3.25. The van der Waals surface area contributed by atoms with Crippen molar-refractivity contribution in [1.82, 2.24) is 10.1 Å². The van der Waals surface area contributed by atoms with Crippen LogP contribution < -0.4 is 10.1 Å². The molecule has 2 atom stereocenters. The molecule has 3 heterocycles. The van der Waals surface area contributed by atoms with Gasteiger partial charge in [-0.1, -0.05) is 17.3 Å². The van der Waals surface area contributed by atoms with Gasteiger partial charge in [0.1, 0.15) is 11.6 Å². The van der Waals surface area contributed by atoms with Gasteiger partial charge in [-0.3, -0.25) is 0 Å². The van der Waals surface area contributed by atoms with E-state index in [2.05, 4.69) is 15.5 Å². The fraction of sp³-hybridized carbons (Fsp3) is 0.222. The third-order valence-corrected chi connectivity index (χ3v) is 4.45. The van der Waals surface area contributed by atoms with Crippen molar-refractivity contribution < 1.29 is 18.0 Å². The molecule has 0 bridgehead atoms. The van der Waals surface area contributed by atoms with Gasteiger partial charge in [-0.15, -0.1) is 0 Å². The Morgan fingerprint density at radius 1 is 1.20 bits per heavy atom. The number of benzene rings is 1. The smallest absolute Gasteiger partial charge is 0.166 e. The first-order valence-corrected chi connectivity index (χ1v) is 7.79. The lowest BCUT2D eigenvalue weighted by Crippen LogP contribution is -2.17. The number of hydrogen-bond acceptors (Lipinski definition) is 5. The molecule has 25 heavy (non-hydrogen) atoms. The number of nitrogens with zero attached hydrogens (tertiary/aromatic N) is 2. The minimum Gasteiger partial charge on any atom is -0.495 e. The number of anilines is 1. The van der Waals surface area contributed by atoms with Gasteiger partial charge in [0, 0.05) is 22.7 Å². The molecule has 4 rings (SSSR count). The molecule has 1 unspecified atom stereocenters. The van der Waals surface area contributed by atoms with Gasteiger partial charge in [0.15, 0.2) is 17.4 Å².